The van der Waals surface area contributed by atoms with Crippen LogP contribution >= 0.6 is 11.8 Å². The van der Waals surface area contributed by atoms with Crippen LogP contribution in [-0.2, 0) is 4.79 Å². The second kappa shape index (κ2) is 4.16. The molecule has 2 unspecified atom stereocenters. The standard InChI is InChI=1S/C13H22O3S/c1-11(2)5-6-13(16,8-11)12(10(14)15)4-3-7-17-9-12/h16H,3-9H2,1-2H3,(H,14,15). The zero-order valence-electron chi connectivity index (χ0n) is 10.7. The van der Waals surface area contributed by atoms with Gasteiger partial charge in [-0.25, -0.2) is 0 Å². The van der Waals surface area contributed by atoms with Gasteiger partial charge in [-0.1, -0.05) is 13.8 Å². The Labute approximate surface area is 107 Å². The molecular weight excluding hydrogens is 236 g/mol. The lowest BCUT2D eigenvalue weighted by atomic mass is 9.67. The maximum absolute atomic E-state index is 11.7. The molecule has 1 aliphatic carbocycles. The van der Waals surface area contributed by atoms with Crippen LogP contribution in [0.25, 0.3) is 0 Å². The summed E-state index contributed by atoms with van der Waals surface area (Å²) in [7, 11) is 0. The molecule has 1 saturated heterocycles. The van der Waals surface area contributed by atoms with Crippen molar-refractivity contribution in [1.29, 1.82) is 0 Å². The number of hydrogen-bond donors (Lipinski definition) is 2. The number of aliphatic carboxylic acids is 1. The van der Waals surface area contributed by atoms with Crippen molar-refractivity contribution in [1.82, 2.24) is 0 Å². The Hall–Kier alpha value is -0.220. The van der Waals surface area contributed by atoms with E-state index in [1.807, 2.05) is 0 Å². The molecule has 17 heavy (non-hydrogen) atoms. The maximum Gasteiger partial charge on any atom is 0.313 e. The SMILES string of the molecule is CC1(C)CCC(O)(C2(C(=O)O)CCCSC2)C1. The molecule has 2 rings (SSSR count). The third-order valence-electron chi connectivity index (χ3n) is 4.53. The molecule has 0 aromatic heterocycles. The summed E-state index contributed by atoms with van der Waals surface area (Å²) in [4.78, 5) is 11.7. The Balaban J connectivity index is 2.30. The highest BCUT2D eigenvalue weighted by Gasteiger charge is 2.60. The molecule has 98 valence electrons. The fraction of sp³-hybridized carbons (Fsp3) is 0.923. The van der Waals surface area contributed by atoms with Crippen molar-refractivity contribution in [3.8, 4) is 0 Å². The lowest BCUT2D eigenvalue weighted by Crippen LogP contribution is -2.55. The topological polar surface area (TPSA) is 57.5 Å². The van der Waals surface area contributed by atoms with Gasteiger partial charge in [-0.05, 0) is 43.3 Å². The number of thioether (sulfide) groups is 1. The average molecular weight is 258 g/mol. The smallest absolute Gasteiger partial charge is 0.313 e. The van der Waals surface area contributed by atoms with Gasteiger partial charge in [-0.15, -0.1) is 0 Å². The second-order valence-electron chi connectivity index (χ2n) is 6.42. The van der Waals surface area contributed by atoms with Gasteiger partial charge >= 0.3 is 5.97 Å². The molecule has 2 atom stereocenters. The molecule has 1 saturated carbocycles. The van der Waals surface area contributed by atoms with Crippen molar-refractivity contribution in [3.05, 3.63) is 0 Å². The van der Waals surface area contributed by atoms with E-state index in [2.05, 4.69) is 13.8 Å². The number of rotatable bonds is 2. The maximum atomic E-state index is 11.7. The van der Waals surface area contributed by atoms with Crippen molar-refractivity contribution in [2.45, 2.75) is 51.6 Å². The highest BCUT2D eigenvalue weighted by molar-refractivity contribution is 7.99. The number of hydrogen-bond acceptors (Lipinski definition) is 3. The zero-order valence-corrected chi connectivity index (χ0v) is 11.5. The van der Waals surface area contributed by atoms with E-state index in [1.54, 1.807) is 11.8 Å². The summed E-state index contributed by atoms with van der Waals surface area (Å²) in [5.74, 6) is 0.786. The van der Waals surface area contributed by atoms with Gasteiger partial charge in [0.1, 0.15) is 5.41 Å². The lowest BCUT2D eigenvalue weighted by molar-refractivity contribution is -0.168. The van der Waals surface area contributed by atoms with Crippen molar-refractivity contribution in [3.63, 3.8) is 0 Å². The van der Waals surface area contributed by atoms with Gasteiger partial charge in [0.05, 0.1) is 5.60 Å². The number of carbonyl (C=O) groups is 1. The van der Waals surface area contributed by atoms with E-state index in [-0.39, 0.29) is 5.41 Å². The van der Waals surface area contributed by atoms with Gasteiger partial charge in [0.15, 0.2) is 0 Å². The third kappa shape index (κ3) is 2.10. The molecule has 1 heterocycles. The van der Waals surface area contributed by atoms with E-state index in [4.69, 9.17) is 0 Å². The van der Waals surface area contributed by atoms with Crippen molar-refractivity contribution in [2.24, 2.45) is 10.8 Å². The minimum Gasteiger partial charge on any atom is -0.481 e. The van der Waals surface area contributed by atoms with Crippen LogP contribution in [0, 0.1) is 10.8 Å². The first kappa shape index (κ1) is 13.2. The van der Waals surface area contributed by atoms with Gasteiger partial charge in [0, 0.05) is 5.75 Å². The highest BCUT2D eigenvalue weighted by atomic mass is 32.2. The first-order chi connectivity index (χ1) is 7.81. The van der Waals surface area contributed by atoms with Gasteiger partial charge < -0.3 is 10.2 Å². The Kier molecular flexibility index (Phi) is 3.24. The molecule has 0 aromatic rings. The monoisotopic (exact) mass is 258 g/mol. The molecule has 2 fully saturated rings. The summed E-state index contributed by atoms with van der Waals surface area (Å²) in [6, 6.07) is 0. The molecule has 2 N–H and O–H groups in total. The molecule has 0 spiro atoms. The van der Waals surface area contributed by atoms with Crippen LogP contribution in [0.3, 0.4) is 0 Å². The second-order valence-corrected chi connectivity index (χ2v) is 7.52. The Morgan fingerprint density at radius 2 is 1.94 bits per heavy atom. The van der Waals surface area contributed by atoms with Crippen LogP contribution in [0.5, 0.6) is 0 Å². The molecule has 0 bridgehead atoms. The molecule has 0 aromatic carbocycles. The van der Waals surface area contributed by atoms with E-state index >= 15 is 0 Å². The number of carboxylic acids is 1. The fourth-order valence-electron chi connectivity index (χ4n) is 3.45. The molecule has 3 nitrogen and oxygen atoms in total. The summed E-state index contributed by atoms with van der Waals surface area (Å²) in [5.41, 5.74) is -1.85. The molecule has 0 radical (unpaired) electrons. The van der Waals surface area contributed by atoms with Crippen LogP contribution in [0.1, 0.15) is 46.0 Å². The number of aliphatic hydroxyl groups is 1. The average Bonchev–Trinajstić information content (AvgIpc) is 2.55. The van der Waals surface area contributed by atoms with Gasteiger partial charge in [-0.2, -0.15) is 11.8 Å². The fourth-order valence-corrected chi connectivity index (χ4v) is 4.83. The summed E-state index contributed by atoms with van der Waals surface area (Å²) in [6.07, 6.45) is 3.70. The summed E-state index contributed by atoms with van der Waals surface area (Å²) in [6.45, 7) is 4.24. The van der Waals surface area contributed by atoms with Crippen LogP contribution in [-0.4, -0.2) is 33.3 Å². The van der Waals surface area contributed by atoms with E-state index in [0.29, 0.717) is 25.0 Å². The van der Waals surface area contributed by atoms with E-state index in [1.165, 1.54) is 0 Å². The minimum absolute atomic E-state index is 0.0688. The third-order valence-corrected chi connectivity index (χ3v) is 5.80. The van der Waals surface area contributed by atoms with Crippen LogP contribution in [0.4, 0.5) is 0 Å². The van der Waals surface area contributed by atoms with E-state index in [0.717, 1.165) is 18.6 Å². The van der Waals surface area contributed by atoms with E-state index in [9.17, 15) is 15.0 Å². The molecule has 0 amide bonds. The number of carboxylic acid groups (broad SMARTS) is 1. The van der Waals surface area contributed by atoms with Crippen molar-refractivity contribution >= 4 is 17.7 Å². The lowest BCUT2D eigenvalue weighted by Gasteiger charge is -2.45. The molecule has 2 aliphatic rings. The van der Waals surface area contributed by atoms with E-state index < -0.39 is 17.0 Å². The van der Waals surface area contributed by atoms with Crippen molar-refractivity contribution < 1.29 is 15.0 Å². The molecule has 4 heteroatoms. The predicted molar refractivity (Wildman–Crippen MR) is 69.2 cm³/mol. The van der Waals surface area contributed by atoms with Crippen LogP contribution < -0.4 is 0 Å². The normalized spacial score (nSPS) is 41.4. The first-order valence-electron chi connectivity index (χ1n) is 6.35. The Morgan fingerprint density at radius 1 is 1.24 bits per heavy atom. The highest BCUT2D eigenvalue weighted by Crippen LogP contribution is 2.55. The van der Waals surface area contributed by atoms with Crippen LogP contribution in [0.15, 0.2) is 0 Å². The van der Waals surface area contributed by atoms with Crippen LogP contribution in [0.2, 0.25) is 0 Å². The Bertz CT molecular complexity index is 321. The quantitative estimate of drug-likeness (QED) is 0.799. The Morgan fingerprint density at radius 3 is 2.35 bits per heavy atom. The minimum atomic E-state index is -1.00. The molecule has 1 aliphatic heterocycles. The summed E-state index contributed by atoms with van der Waals surface area (Å²) < 4.78 is 0. The van der Waals surface area contributed by atoms with Crippen molar-refractivity contribution in [2.75, 3.05) is 11.5 Å². The summed E-state index contributed by atoms with van der Waals surface area (Å²) >= 11 is 1.67. The predicted octanol–water partition coefficient (Wildman–Crippen LogP) is 2.53. The summed E-state index contributed by atoms with van der Waals surface area (Å²) in [5, 5.41) is 20.5. The zero-order chi connectivity index (χ0) is 12.7. The molecular formula is C13H22O3S. The first-order valence-corrected chi connectivity index (χ1v) is 7.50. The largest absolute Gasteiger partial charge is 0.481 e. The van der Waals surface area contributed by atoms with Gasteiger partial charge in [-0.3, -0.25) is 4.79 Å². The van der Waals surface area contributed by atoms with Gasteiger partial charge in [0.2, 0.25) is 0 Å². The van der Waals surface area contributed by atoms with Gasteiger partial charge in [0.25, 0.3) is 0 Å².